The fourth-order valence-electron chi connectivity index (χ4n) is 4.12. The second-order valence-electron chi connectivity index (χ2n) is 7.92. The zero-order valence-electron chi connectivity index (χ0n) is 16.4. The van der Waals surface area contributed by atoms with Crippen LogP contribution in [-0.4, -0.2) is 36.4 Å². The molecule has 144 valence electrons. The second kappa shape index (κ2) is 9.27. The van der Waals surface area contributed by atoms with E-state index in [2.05, 4.69) is 39.5 Å². The molecule has 2 aliphatic rings. The van der Waals surface area contributed by atoms with Crippen LogP contribution in [0.5, 0.6) is 0 Å². The quantitative estimate of drug-likeness (QED) is 0.568. The molecule has 5 heteroatoms. The van der Waals surface area contributed by atoms with Crippen LogP contribution < -0.4 is 0 Å². The lowest BCUT2D eigenvalue weighted by Crippen LogP contribution is -2.40. The summed E-state index contributed by atoms with van der Waals surface area (Å²) in [5, 5.41) is 0.192. The summed E-state index contributed by atoms with van der Waals surface area (Å²) in [6, 6.07) is 0. The maximum Gasteiger partial charge on any atom is 0.354 e. The van der Waals surface area contributed by atoms with Crippen LogP contribution in [0.2, 0.25) is 0 Å². The number of hydrogen-bond acceptors (Lipinski definition) is 4. The van der Waals surface area contributed by atoms with Crippen LogP contribution in [0.4, 0.5) is 0 Å². The zero-order chi connectivity index (χ0) is 18.6. The minimum absolute atomic E-state index is 0.115. The van der Waals surface area contributed by atoms with E-state index in [1.54, 1.807) is 0 Å². The van der Waals surface area contributed by atoms with Crippen molar-refractivity contribution in [2.45, 2.75) is 79.1 Å². The molecule has 0 amide bonds. The molecule has 0 spiro atoms. The lowest BCUT2D eigenvalue weighted by Gasteiger charge is -2.39. The van der Waals surface area contributed by atoms with Crippen molar-refractivity contribution in [2.24, 2.45) is 17.8 Å². The van der Waals surface area contributed by atoms with Crippen molar-refractivity contribution in [3.8, 4) is 0 Å². The van der Waals surface area contributed by atoms with Gasteiger partial charge in [-0.1, -0.05) is 52.6 Å². The highest BCUT2D eigenvalue weighted by Gasteiger charge is 2.41. The van der Waals surface area contributed by atoms with E-state index in [0.29, 0.717) is 17.8 Å². The number of ether oxygens (including phenoxy) is 2. The smallest absolute Gasteiger partial charge is 0.354 e. The molecule has 1 heterocycles. The van der Waals surface area contributed by atoms with Gasteiger partial charge in [-0.05, 0) is 43.4 Å². The van der Waals surface area contributed by atoms with E-state index < -0.39 is 12.3 Å². The van der Waals surface area contributed by atoms with Gasteiger partial charge in [-0.25, -0.2) is 4.79 Å². The summed E-state index contributed by atoms with van der Waals surface area (Å²) in [5.74, 6) is 1.24. The van der Waals surface area contributed by atoms with Crippen LogP contribution in [0.15, 0.2) is 10.7 Å². The normalized spacial score (nSPS) is 30.1. The van der Waals surface area contributed by atoms with E-state index >= 15 is 0 Å². The summed E-state index contributed by atoms with van der Waals surface area (Å²) in [6.07, 6.45) is 4.87. The van der Waals surface area contributed by atoms with Crippen LogP contribution in [0.1, 0.15) is 66.7 Å². The lowest BCUT2D eigenvalue weighted by atomic mass is 9.75. The summed E-state index contributed by atoms with van der Waals surface area (Å²) in [6.45, 7) is 12.7. The van der Waals surface area contributed by atoms with Crippen molar-refractivity contribution in [1.29, 1.82) is 0 Å². The molecule has 4 atom stereocenters. The first-order valence-corrected chi connectivity index (χ1v) is 10.3. The van der Waals surface area contributed by atoms with Gasteiger partial charge in [-0.3, -0.25) is 0 Å². The number of carbonyl (C=O) groups is 1. The van der Waals surface area contributed by atoms with E-state index in [4.69, 9.17) is 21.1 Å². The van der Waals surface area contributed by atoms with E-state index in [-0.39, 0.29) is 11.1 Å². The first-order valence-electron chi connectivity index (χ1n) is 9.89. The van der Waals surface area contributed by atoms with E-state index in [1.807, 2.05) is 0 Å². The summed E-state index contributed by atoms with van der Waals surface area (Å²) < 4.78 is 11.9. The number of halogens is 1. The third-order valence-corrected chi connectivity index (χ3v) is 5.78. The third kappa shape index (κ3) is 4.91. The van der Waals surface area contributed by atoms with Crippen molar-refractivity contribution in [3.63, 3.8) is 0 Å². The fraction of sp³-hybridized carbons (Fsp3) is 0.850. The van der Waals surface area contributed by atoms with Gasteiger partial charge in [0.2, 0.25) is 6.29 Å². The monoisotopic (exact) mass is 371 g/mol. The standard InChI is InChI=1S/C20H34ClNO3/c1-6-10-22(11-7-2)18-17(21)19(23)25-20(18)24-16-12-14(5)8-9-15(16)13(3)4/h13-16,20H,6-12H2,1-5H3/t14-,15+,16-,20?/m1/s1. The molecule has 1 aliphatic heterocycles. The Morgan fingerprint density at radius 1 is 1.24 bits per heavy atom. The molecule has 0 radical (unpaired) electrons. The SMILES string of the molecule is CCCN(CCC)C1=C(Cl)C(=O)OC1O[C@@H]1C[C@H](C)CC[C@H]1C(C)C. The van der Waals surface area contributed by atoms with Crippen LogP contribution in [0.25, 0.3) is 0 Å². The van der Waals surface area contributed by atoms with E-state index in [9.17, 15) is 4.79 Å². The Labute approximate surface area is 157 Å². The lowest BCUT2D eigenvalue weighted by molar-refractivity contribution is -0.185. The Balaban J connectivity index is 2.19. The topological polar surface area (TPSA) is 38.8 Å². The Hall–Kier alpha value is -0.740. The molecule has 1 aliphatic carbocycles. The highest BCUT2D eigenvalue weighted by atomic mass is 35.5. The minimum atomic E-state index is -0.658. The second-order valence-corrected chi connectivity index (χ2v) is 8.30. The molecule has 4 nitrogen and oxygen atoms in total. The summed E-state index contributed by atoms with van der Waals surface area (Å²) >= 11 is 6.32. The van der Waals surface area contributed by atoms with Gasteiger partial charge >= 0.3 is 5.97 Å². The van der Waals surface area contributed by atoms with E-state index in [1.165, 1.54) is 12.8 Å². The Morgan fingerprint density at radius 2 is 1.88 bits per heavy atom. The number of hydrogen-bond donors (Lipinski definition) is 0. The van der Waals surface area contributed by atoms with Crippen molar-refractivity contribution in [2.75, 3.05) is 13.1 Å². The predicted molar refractivity (Wildman–Crippen MR) is 101 cm³/mol. The third-order valence-electron chi connectivity index (χ3n) is 5.43. The molecule has 1 fully saturated rings. The van der Waals surface area contributed by atoms with Gasteiger partial charge in [0.15, 0.2) is 5.03 Å². The van der Waals surface area contributed by atoms with Crippen LogP contribution in [-0.2, 0) is 14.3 Å². The molecule has 0 aromatic carbocycles. The fourth-order valence-corrected chi connectivity index (χ4v) is 4.37. The number of esters is 1. The average molecular weight is 372 g/mol. The number of rotatable bonds is 8. The molecular formula is C20H34ClNO3. The molecule has 1 unspecified atom stereocenters. The highest BCUT2D eigenvalue weighted by molar-refractivity contribution is 6.42. The maximum atomic E-state index is 12.1. The van der Waals surface area contributed by atoms with Gasteiger partial charge in [0.05, 0.1) is 6.10 Å². The molecule has 0 N–H and O–H groups in total. The molecule has 0 aromatic rings. The highest BCUT2D eigenvalue weighted by Crippen LogP contribution is 2.39. The zero-order valence-corrected chi connectivity index (χ0v) is 17.1. The van der Waals surface area contributed by atoms with E-state index in [0.717, 1.165) is 38.0 Å². The van der Waals surface area contributed by atoms with Crippen LogP contribution >= 0.6 is 11.6 Å². The van der Waals surface area contributed by atoms with Gasteiger partial charge < -0.3 is 14.4 Å². The molecule has 25 heavy (non-hydrogen) atoms. The average Bonchev–Trinajstić information content (AvgIpc) is 2.81. The molecule has 0 bridgehead atoms. The van der Waals surface area contributed by atoms with Gasteiger partial charge in [-0.2, -0.15) is 0 Å². The van der Waals surface area contributed by atoms with Crippen molar-refractivity contribution < 1.29 is 14.3 Å². The van der Waals surface area contributed by atoms with Crippen LogP contribution in [0, 0.1) is 17.8 Å². The van der Waals surface area contributed by atoms with Gasteiger partial charge in [0.25, 0.3) is 0 Å². The summed E-state index contributed by atoms with van der Waals surface area (Å²) in [5.41, 5.74) is 0.732. The summed E-state index contributed by atoms with van der Waals surface area (Å²) in [4.78, 5) is 14.3. The molecule has 2 rings (SSSR count). The van der Waals surface area contributed by atoms with Gasteiger partial charge in [0.1, 0.15) is 5.70 Å². The number of cyclic esters (lactones) is 1. The Morgan fingerprint density at radius 3 is 2.44 bits per heavy atom. The molecule has 0 saturated heterocycles. The minimum Gasteiger partial charge on any atom is -0.425 e. The Bertz CT molecular complexity index is 485. The molecular weight excluding hydrogens is 338 g/mol. The van der Waals surface area contributed by atoms with Gasteiger partial charge in [0, 0.05) is 13.1 Å². The molecule has 0 aromatic heterocycles. The largest absolute Gasteiger partial charge is 0.425 e. The van der Waals surface area contributed by atoms with Crippen molar-refractivity contribution >= 4 is 17.6 Å². The van der Waals surface area contributed by atoms with Crippen LogP contribution in [0.3, 0.4) is 0 Å². The number of nitrogens with zero attached hydrogens (tertiary/aromatic N) is 1. The maximum absolute atomic E-state index is 12.1. The predicted octanol–water partition coefficient (Wildman–Crippen LogP) is 4.92. The number of carbonyl (C=O) groups excluding carboxylic acids is 1. The van der Waals surface area contributed by atoms with Crippen molar-refractivity contribution in [1.82, 2.24) is 4.90 Å². The molecule has 1 saturated carbocycles. The van der Waals surface area contributed by atoms with Crippen molar-refractivity contribution in [3.05, 3.63) is 10.7 Å². The summed E-state index contributed by atoms with van der Waals surface area (Å²) in [7, 11) is 0. The first-order chi connectivity index (χ1) is 11.9. The Kier molecular flexibility index (Phi) is 7.63. The van der Waals surface area contributed by atoms with Gasteiger partial charge in [-0.15, -0.1) is 0 Å². The first kappa shape index (κ1) is 20.6.